The molecule has 0 aromatic heterocycles. The van der Waals surface area contributed by atoms with Crippen molar-refractivity contribution in [2.45, 2.75) is 0 Å². The molecule has 0 unspecified atom stereocenters. The number of aromatic hydroxyl groups is 1. The average Bonchev–Trinajstić information content (AvgIpc) is 2.03. The molecule has 0 saturated carbocycles. The van der Waals surface area contributed by atoms with Crippen molar-refractivity contribution in [2.24, 2.45) is 0 Å². The normalized spacial score (nSPS) is 8.29. The maximum atomic E-state index is 10.3. The highest BCUT2D eigenvalue weighted by Crippen LogP contribution is 2.14. The van der Waals surface area contributed by atoms with Crippen molar-refractivity contribution in [3.63, 3.8) is 0 Å². The third kappa shape index (κ3) is 4.88. The molecule has 0 amide bonds. The SMILES string of the molecule is O=C(O)c1ccccc1O.O=S(=O)=O. The van der Waals surface area contributed by atoms with Crippen LogP contribution in [0, 0.1) is 0 Å². The van der Waals surface area contributed by atoms with Crippen LogP contribution in [0.4, 0.5) is 0 Å². The number of para-hydroxylation sites is 1. The van der Waals surface area contributed by atoms with Crippen molar-refractivity contribution in [3.05, 3.63) is 29.8 Å². The minimum atomic E-state index is -3.11. The summed E-state index contributed by atoms with van der Waals surface area (Å²) in [5.74, 6) is -1.31. The Hall–Kier alpha value is -1.89. The zero-order valence-corrected chi connectivity index (χ0v) is 7.56. The maximum absolute atomic E-state index is 10.3. The number of benzene rings is 1. The number of aromatic carboxylic acids is 1. The third-order valence-electron chi connectivity index (χ3n) is 1.13. The summed E-state index contributed by atoms with van der Waals surface area (Å²) in [5, 5.41) is 17.3. The van der Waals surface area contributed by atoms with Gasteiger partial charge in [-0.2, -0.15) is 0 Å². The Balaban J connectivity index is 0.000000364. The molecule has 0 radical (unpaired) electrons. The lowest BCUT2D eigenvalue weighted by molar-refractivity contribution is 0.0693. The first kappa shape index (κ1) is 12.1. The van der Waals surface area contributed by atoms with E-state index in [1.54, 1.807) is 12.1 Å². The summed E-state index contributed by atoms with van der Waals surface area (Å²) in [5.41, 5.74) is -0.0671. The van der Waals surface area contributed by atoms with Gasteiger partial charge in [0.15, 0.2) is 0 Å². The predicted octanol–water partition coefficient (Wildman–Crippen LogP) is 0.0863. The van der Waals surface area contributed by atoms with E-state index in [0.29, 0.717) is 0 Å². The Bertz CT molecular complexity index is 413. The number of hydrogen-bond donors (Lipinski definition) is 2. The van der Waals surface area contributed by atoms with Gasteiger partial charge in [0, 0.05) is 0 Å². The number of hydrogen-bond acceptors (Lipinski definition) is 5. The summed E-state index contributed by atoms with van der Waals surface area (Å²) in [6.45, 7) is 0. The van der Waals surface area contributed by atoms with Gasteiger partial charge >= 0.3 is 16.6 Å². The van der Waals surface area contributed by atoms with Crippen LogP contribution in [0.2, 0.25) is 0 Å². The Kier molecular flexibility index (Phi) is 4.93. The first-order chi connectivity index (χ1) is 6.45. The molecule has 76 valence electrons. The van der Waals surface area contributed by atoms with Gasteiger partial charge in [0.25, 0.3) is 0 Å². The summed E-state index contributed by atoms with van der Waals surface area (Å²) >= 11 is 0. The number of rotatable bonds is 1. The molecule has 0 aliphatic carbocycles. The zero-order valence-electron chi connectivity index (χ0n) is 6.75. The molecule has 14 heavy (non-hydrogen) atoms. The lowest BCUT2D eigenvalue weighted by atomic mass is 10.2. The van der Waals surface area contributed by atoms with E-state index in [-0.39, 0.29) is 11.3 Å². The van der Waals surface area contributed by atoms with E-state index in [0.717, 1.165) is 0 Å². The molecule has 0 fully saturated rings. The van der Waals surface area contributed by atoms with Gasteiger partial charge in [0.1, 0.15) is 11.3 Å². The number of carboxylic acid groups (broad SMARTS) is 1. The molecule has 0 heterocycles. The fourth-order valence-corrected chi connectivity index (χ4v) is 0.654. The van der Waals surface area contributed by atoms with Crippen LogP contribution in [0.1, 0.15) is 10.4 Å². The Labute approximate surface area is 80.5 Å². The fourth-order valence-electron chi connectivity index (χ4n) is 0.654. The van der Waals surface area contributed by atoms with Crippen molar-refractivity contribution in [2.75, 3.05) is 0 Å². The van der Waals surface area contributed by atoms with Crippen LogP contribution in [0.5, 0.6) is 5.75 Å². The topological polar surface area (TPSA) is 109 Å². The molecule has 0 atom stereocenters. The summed E-state index contributed by atoms with van der Waals surface area (Å²) in [6, 6.07) is 5.81. The van der Waals surface area contributed by atoms with Crippen LogP contribution in [0.15, 0.2) is 24.3 Å². The van der Waals surface area contributed by atoms with E-state index < -0.39 is 16.6 Å². The molecule has 6 nitrogen and oxygen atoms in total. The van der Waals surface area contributed by atoms with Gasteiger partial charge < -0.3 is 10.2 Å². The molecule has 2 N–H and O–H groups in total. The Morgan fingerprint density at radius 1 is 1.14 bits per heavy atom. The molecule has 0 bridgehead atoms. The van der Waals surface area contributed by atoms with Crippen molar-refractivity contribution < 1.29 is 27.6 Å². The molecule has 0 aliphatic rings. The van der Waals surface area contributed by atoms with E-state index in [1.807, 2.05) is 0 Å². The second kappa shape index (κ2) is 5.70. The monoisotopic (exact) mass is 218 g/mol. The lowest BCUT2D eigenvalue weighted by Crippen LogP contribution is -1.95. The summed E-state index contributed by atoms with van der Waals surface area (Å²) < 4.78 is 25.3. The summed E-state index contributed by atoms with van der Waals surface area (Å²) in [4.78, 5) is 10.3. The number of carbonyl (C=O) groups is 1. The molecular formula is C7H6O6S. The minimum Gasteiger partial charge on any atom is -0.507 e. The van der Waals surface area contributed by atoms with Crippen LogP contribution >= 0.6 is 0 Å². The van der Waals surface area contributed by atoms with Crippen molar-refractivity contribution in [3.8, 4) is 5.75 Å². The smallest absolute Gasteiger partial charge is 0.425 e. The zero-order chi connectivity index (χ0) is 11.1. The van der Waals surface area contributed by atoms with Gasteiger partial charge in [-0.05, 0) is 12.1 Å². The molecule has 0 aliphatic heterocycles. The van der Waals surface area contributed by atoms with Gasteiger partial charge in [-0.15, -0.1) is 12.6 Å². The molecule has 0 saturated heterocycles. The van der Waals surface area contributed by atoms with E-state index in [4.69, 9.17) is 22.8 Å². The fraction of sp³-hybridized carbons (Fsp3) is 0. The van der Waals surface area contributed by atoms with Gasteiger partial charge in [-0.1, -0.05) is 12.1 Å². The Morgan fingerprint density at radius 2 is 1.57 bits per heavy atom. The van der Waals surface area contributed by atoms with Gasteiger partial charge in [0.2, 0.25) is 0 Å². The molecule has 1 aromatic rings. The maximum Gasteiger partial charge on any atom is 0.425 e. The van der Waals surface area contributed by atoms with Crippen LogP contribution in [0.3, 0.4) is 0 Å². The highest BCUT2D eigenvalue weighted by atomic mass is 32.2. The summed E-state index contributed by atoms with van der Waals surface area (Å²) in [7, 11) is -3.11. The highest BCUT2D eigenvalue weighted by molar-refractivity contribution is 7.59. The molecule has 1 aromatic carbocycles. The standard InChI is InChI=1S/C7H6O3.O3S/c8-6-4-2-1-3-5(6)7(9)10;1-4(2)3/h1-4,8H,(H,9,10);. The van der Waals surface area contributed by atoms with Crippen molar-refractivity contribution >= 4 is 16.6 Å². The molecular weight excluding hydrogens is 212 g/mol. The lowest BCUT2D eigenvalue weighted by Gasteiger charge is -1.95. The van der Waals surface area contributed by atoms with Gasteiger partial charge in [-0.25, -0.2) is 4.79 Å². The second-order valence-corrected chi connectivity index (χ2v) is 2.43. The molecule has 7 heteroatoms. The predicted molar refractivity (Wildman–Crippen MR) is 44.8 cm³/mol. The van der Waals surface area contributed by atoms with Crippen LogP contribution in [-0.2, 0) is 10.6 Å². The highest BCUT2D eigenvalue weighted by Gasteiger charge is 2.05. The molecule has 1 rings (SSSR count). The van der Waals surface area contributed by atoms with E-state index in [2.05, 4.69) is 0 Å². The average molecular weight is 218 g/mol. The van der Waals surface area contributed by atoms with Crippen molar-refractivity contribution in [1.82, 2.24) is 0 Å². The quantitative estimate of drug-likeness (QED) is 0.691. The second-order valence-electron chi connectivity index (χ2n) is 2.03. The minimum absolute atomic E-state index is 0.0671. The van der Waals surface area contributed by atoms with Crippen LogP contribution in [0.25, 0.3) is 0 Å². The van der Waals surface area contributed by atoms with Crippen LogP contribution in [-0.4, -0.2) is 28.8 Å². The largest absolute Gasteiger partial charge is 0.507 e. The first-order valence-electron chi connectivity index (χ1n) is 3.23. The summed E-state index contributed by atoms with van der Waals surface area (Å²) in [6.07, 6.45) is 0. The van der Waals surface area contributed by atoms with E-state index in [9.17, 15) is 4.79 Å². The Morgan fingerprint density at radius 3 is 1.86 bits per heavy atom. The van der Waals surface area contributed by atoms with Crippen molar-refractivity contribution in [1.29, 1.82) is 0 Å². The first-order valence-corrected chi connectivity index (χ1v) is 4.23. The van der Waals surface area contributed by atoms with Crippen LogP contribution < -0.4 is 0 Å². The van der Waals surface area contributed by atoms with Gasteiger partial charge in [-0.3, -0.25) is 0 Å². The van der Waals surface area contributed by atoms with E-state index in [1.165, 1.54) is 12.1 Å². The third-order valence-corrected chi connectivity index (χ3v) is 1.13. The van der Waals surface area contributed by atoms with E-state index >= 15 is 0 Å². The number of phenols is 1. The van der Waals surface area contributed by atoms with Gasteiger partial charge in [0.05, 0.1) is 0 Å². The number of carboxylic acids is 1. The molecule has 0 spiro atoms.